The Kier molecular flexibility index (Phi) is 4.75. The van der Waals surface area contributed by atoms with Crippen LogP contribution < -0.4 is 10.9 Å². The fraction of sp³-hybridized carbons (Fsp3) is 0.0909. The number of anilines is 1. The van der Waals surface area contributed by atoms with Gasteiger partial charge in [-0.25, -0.2) is 23.5 Å². The molecule has 2 rings (SSSR count). The van der Waals surface area contributed by atoms with Crippen molar-refractivity contribution in [1.82, 2.24) is 9.97 Å². The van der Waals surface area contributed by atoms with Crippen LogP contribution in [0.2, 0.25) is 0 Å². The third kappa shape index (κ3) is 4.89. The highest BCUT2D eigenvalue weighted by atomic mass is 32.2. The van der Waals surface area contributed by atoms with E-state index in [4.69, 9.17) is 10.9 Å². The third-order valence-electron chi connectivity index (χ3n) is 1.88. The van der Waals surface area contributed by atoms with E-state index >= 15 is 0 Å². The number of nitrogens with two attached hydrogens (primary N) is 2. The molecule has 0 saturated heterocycles. The quantitative estimate of drug-likeness (QED) is 0.738. The van der Waals surface area contributed by atoms with E-state index in [1.165, 1.54) is 18.2 Å². The third-order valence-corrected chi connectivity index (χ3v) is 2.79. The fourth-order valence-electron chi connectivity index (χ4n) is 1.07. The Bertz CT molecular complexity index is 599. The van der Waals surface area contributed by atoms with E-state index in [-0.39, 0.29) is 4.90 Å². The number of nitrogens with zero attached hydrogens (tertiary/aromatic N) is 2. The summed E-state index contributed by atoms with van der Waals surface area (Å²) in [6.45, 7) is 1.86. The van der Waals surface area contributed by atoms with Crippen LogP contribution in [0.5, 0.6) is 0 Å². The SMILES string of the molecule is Cc1ncccn1.Nc1cccc(S(N)(=O)=O)c1. The first-order valence-electron chi connectivity index (χ1n) is 5.01. The van der Waals surface area contributed by atoms with E-state index in [0.717, 1.165) is 5.82 Å². The minimum atomic E-state index is -3.61. The van der Waals surface area contributed by atoms with Gasteiger partial charge >= 0.3 is 0 Å². The van der Waals surface area contributed by atoms with E-state index < -0.39 is 10.0 Å². The van der Waals surface area contributed by atoms with E-state index in [1.807, 2.05) is 6.92 Å². The Balaban J connectivity index is 0.000000199. The molecule has 96 valence electrons. The van der Waals surface area contributed by atoms with Crippen LogP contribution in [0.15, 0.2) is 47.6 Å². The second-order valence-corrected chi connectivity index (χ2v) is 4.97. The summed E-state index contributed by atoms with van der Waals surface area (Å²) >= 11 is 0. The summed E-state index contributed by atoms with van der Waals surface area (Å²) in [6, 6.07) is 7.64. The smallest absolute Gasteiger partial charge is 0.238 e. The van der Waals surface area contributed by atoms with Crippen molar-refractivity contribution in [3.8, 4) is 0 Å². The zero-order chi connectivity index (χ0) is 13.6. The van der Waals surface area contributed by atoms with Crippen molar-refractivity contribution in [3.63, 3.8) is 0 Å². The van der Waals surface area contributed by atoms with Crippen molar-refractivity contribution < 1.29 is 8.42 Å². The molecular formula is C11H14N4O2S. The number of aromatic nitrogens is 2. The lowest BCUT2D eigenvalue weighted by atomic mass is 10.3. The average Bonchev–Trinajstić information content (AvgIpc) is 2.30. The second-order valence-electron chi connectivity index (χ2n) is 3.41. The molecule has 0 aliphatic heterocycles. The Morgan fingerprint density at radius 3 is 2.06 bits per heavy atom. The molecule has 2 aromatic rings. The lowest BCUT2D eigenvalue weighted by Crippen LogP contribution is -2.12. The van der Waals surface area contributed by atoms with Gasteiger partial charge in [0, 0.05) is 18.1 Å². The van der Waals surface area contributed by atoms with Crippen molar-refractivity contribution in [1.29, 1.82) is 0 Å². The van der Waals surface area contributed by atoms with Gasteiger partial charge in [0.15, 0.2) is 0 Å². The van der Waals surface area contributed by atoms with Crippen molar-refractivity contribution in [2.75, 3.05) is 5.73 Å². The van der Waals surface area contributed by atoms with Gasteiger partial charge in [0.2, 0.25) is 10.0 Å². The molecule has 0 aliphatic rings. The number of sulfonamides is 1. The zero-order valence-electron chi connectivity index (χ0n) is 9.82. The highest BCUT2D eigenvalue weighted by molar-refractivity contribution is 7.89. The highest BCUT2D eigenvalue weighted by Crippen LogP contribution is 2.09. The summed E-state index contributed by atoms with van der Waals surface area (Å²) in [7, 11) is -3.61. The second kappa shape index (κ2) is 6.08. The van der Waals surface area contributed by atoms with Gasteiger partial charge in [0.25, 0.3) is 0 Å². The summed E-state index contributed by atoms with van der Waals surface area (Å²) in [5.41, 5.74) is 5.72. The molecular weight excluding hydrogens is 252 g/mol. The van der Waals surface area contributed by atoms with Gasteiger partial charge in [-0.15, -0.1) is 0 Å². The Hall–Kier alpha value is -1.99. The Morgan fingerprint density at radius 2 is 1.72 bits per heavy atom. The van der Waals surface area contributed by atoms with Crippen LogP contribution >= 0.6 is 0 Å². The van der Waals surface area contributed by atoms with Crippen molar-refractivity contribution in [3.05, 3.63) is 48.5 Å². The van der Waals surface area contributed by atoms with E-state index in [9.17, 15) is 8.42 Å². The lowest BCUT2D eigenvalue weighted by Gasteiger charge is -1.97. The van der Waals surface area contributed by atoms with Crippen LogP contribution in [0.4, 0.5) is 5.69 Å². The molecule has 0 saturated carbocycles. The summed E-state index contributed by atoms with van der Waals surface area (Å²) in [5, 5.41) is 4.84. The molecule has 0 radical (unpaired) electrons. The summed E-state index contributed by atoms with van der Waals surface area (Å²) in [5.74, 6) is 0.822. The van der Waals surface area contributed by atoms with Crippen LogP contribution in [0.1, 0.15) is 5.82 Å². The number of aryl methyl sites for hydroxylation is 1. The fourth-order valence-corrected chi connectivity index (χ4v) is 1.63. The van der Waals surface area contributed by atoms with Crippen molar-refractivity contribution in [2.45, 2.75) is 11.8 Å². The molecule has 1 aromatic carbocycles. The first kappa shape index (κ1) is 14.1. The average molecular weight is 266 g/mol. The number of nitrogen functional groups attached to an aromatic ring is 1. The molecule has 18 heavy (non-hydrogen) atoms. The lowest BCUT2D eigenvalue weighted by molar-refractivity contribution is 0.598. The minimum absolute atomic E-state index is 0.0394. The van der Waals surface area contributed by atoms with Crippen LogP contribution in [0.3, 0.4) is 0 Å². The largest absolute Gasteiger partial charge is 0.399 e. The minimum Gasteiger partial charge on any atom is -0.399 e. The van der Waals surface area contributed by atoms with Crippen LogP contribution in [0, 0.1) is 6.92 Å². The van der Waals surface area contributed by atoms with Gasteiger partial charge in [0.05, 0.1) is 4.90 Å². The molecule has 7 heteroatoms. The Labute approximate surface area is 106 Å². The van der Waals surface area contributed by atoms with E-state index in [2.05, 4.69) is 9.97 Å². The van der Waals surface area contributed by atoms with Crippen molar-refractivity contribution in [2.24, 2.45) is 5.14 Å². The predicted octanol–water partition coefficient (Wildman–Crippen LogP) is 0.701. The predicted molar refractivity (Wildman–Crippen MR) is 69.0 cm³/mol. The molecule has 0 spiro atoms. The van der Waals surface area contributed by atoms with Gasteiger partial charge < -0.3 is 5.73 Å². The van der Waals surface area contributed by atoms with Gasteiger partial charge in [-0.2, -0.15) is 0 Å². The highest BCUT2D eigenvalue weighted by Gasteiger charge is 2.05. The van der Waals surface area contributed by atoms with Crippen LogP contribution in [-0.4, -0.2) is 18.4 Å². The zero-order valence-corrected chi connectivity index (χ0v) is 10.6. The number of benzene rings is 1. The Morgan fingerprint density at radius 1 is 1.11 bits per heavy atom. The molecule has 0 bridgehead atoms. The molecule has 0 unspecified atom stereocenters. The first-order chi connectivity index (χ1) is 8.39. The van der Waals surface area contributed by atoms with Gasteiger partial charge in [0.1, 0.15) is 5.82 Å². The maximum Gasteiger partial charge on any atom is 0.238 e. The topological polar surface area (TPSA) is 112 Å². The number of rotatable bonds is 1. The van der Waals surface area contributed by atoms with Crippen LogP contribution in [0.25, 0.3) is 0 Å². The van der Waals surface area contributed by atoms with E-state index in [1.54, 1.807) is 24.5 Å². The van der Waals surface area contributed by atoms with Gasteiger partial charge in [-0.3, -0.25) is 0 Å². The van der Waals surface area contributed by atoms with E-state index in [0.29, 0.717) is 5.69 Å². The molecule has 0 atom stereocenters. The maximum absolute atomic E-state index is 10.7. The number of hydrogen-bond acceptors (Lipinski definition) is 5. The molecule has 0 amide bonds. The molecule has 6 nitrogen and oxygen atoms in total. The maximum atomic E-state index is 10.7. The molecule has 4 N–H and O–H groups in total. The molecule has 1 aromatic heterocycles. The molecule has 1 heterocycles. The number of primary sulfonamides is 1. The first-order valence-corrected chi connectivity index (χ1v) is 6.56. The summed E-state index contributed by atoms with van der Waals surface area (Å²) in [4.78, 5) is 7.78. The van der Waals surface area contributed by atoms with Gasteiger partial charge in [-0.05, 0) is 31.2 Å². The summed E-state index contributed by atoms with van der Waals surface area (Å²) < 4.78 is 21.4. The normalized spacial score (nSPS) is 10.3. The molecule has 0 aliphatic carbocycles. The summed E-state index contributed by atoms with van der Waals surface area (Å²) in [6.07, 6.45) is 3.45. The van der Waals surface area contributed by atoms with Crippen molar-refractivity contribution >= 4 is 15.7 Å². The van der Waals surface area contributed by atoms with Gasteiger partial charge in [-0.1, -0.05) is 6.07 Å². The monoisotopic (exact) mass is 266 g/mol. The molecule has 0 fully saturated rings. The standard InChI is InChI=1S/C6H8N2O2S.C5H6N2/c7-5-2-1-3-6(4-5)11(8,9)10;1-5-6-3-2-4-7-5/h1-4H,7H2,(H2,8,9,10);2-4H,1H3. The number of hydrogen-bond donors (Lipinski definition) is 2. The van der Waals surface area contributed by atoms with Crippen LogP contribution in [-0.2, 0) is 10.0 Å².